The van der Waals surface area contributed by atoms with Crippen LogP contribution in [0.15, 0.2) is 54.6 Å². The van der Waals surface area contributed by atoms with Crippen molar-refractivity contribution in [1.82, 2.24) is 10.6 Å². The molecule has 1 amide bonds. The van der Waals surface area contributed by atoms with Gasteiger partial charge in [0, 0.05) is 20.0 Å². The Morgan fingerprint density at radius 1 is 1.00 bits per heavy atom. The van der Waals surface area contributed by atoms with Crippen LogP contribution in [0.2, 0.25) is 0 Å². The van der Waals surface area contributed by atoms with Crippen LogP contribution < -0.4 is 10.6 Å². The zero-order chi connectivity index (χ0) is 15.1. The summed E-state index contributed by atoms with van der Waals surface area (Å²) in [6.07, 6.45) is 0. The van der Waals surface area contributed by atoms with Gasteiger partial charge in [0.2, 0.25) is 5.91 Å². The predicted octanol–water partition coefficient (Wildman–Crippen LogP) is 2.64. The molecule has 21 heavy (non-hydrogen) atoms. The van der Waals surface area contributed by atoms with Crippen LogP contribution in [0.4, 0.5) is 4.39 Å². The molecule has 0 saturated heterocycles. The first kappa shape index (κ1) is 15.2. The predicted molar refractivity (Wildman–Crippen MR) is 81.4 cm³/mol. The molecule has 0 saturated carbocycles. The molecule has 0 aliphatic rings. The molecular formula is C17H19FN2O. The first-order valence-corrected chi connectivity index (χ1v) is 6.95. The Bertz CT molecular complexity index is 569. The van der Waals surface area contributed by atoms with Gasteiger partial charge in [-0.15, -0.1) is 0 Å². The number of hydrogen-bond donors (Lipinski definition) is 2. The second kappa shape index (κ2) is 7.55. The summed E-state index contributed by atoms with van der Waals surface area (Å²) >= 11 is 0. The van der Waals surface area contributed by atoms with Crippen molar-refractivity contribution in [2.24, 2.45) is 0 Å². The van der Waals surface area contributed by atoms with Gasteiger partial charge < -0.3 is 10.6 Å². The number of benzene rings is 2. The monoisotopic (exact) mass is 286 g/mol. The number of carbonyl (C=O) groups is 1. The van der Waals surface area contributed by atoms with Gasteiger partial charge in [0.15, 0.2) is 0 Å². The third-order valence-corrected chi connectivity index (χ3v) is 3.18. The van der Waals surface area contributed by atoms with Crippen molar-refractivity contribution in [3.63, 3.8) is 0 Å². The summed E-state index contributed by atoms with van der Waals surface area (Å²) < 4.78 is 13.1. The number of carbonyl (C=O) groups excluding carboxylic acids is 1. The van der Waals surface area contributed by atoms with E-state index in [2.05, 4.69) is 10.6 Å². The van der Waals surface area contributed by atoms with E-state index in [0.717, 1.165) is 11.1 Å². The van der Waals surface area contributed by atoms with E-state index in [1.54, 1.807) is 12.1 Å². The average molecular weight is 286 g/mol. The highest BCUT2D eigenvalue weighted by Crippen LogP contribution is 2.21. The summed E-state index contributed by atoms with van der Waals surface area (Å²) in [5.74, 6) is -0.293. The van der Waals surface area contributed by atoms with Gasteiger partial charge in [-0.05, 0) is 23.3 Å². The molecule has 2 rings (SSSR count). The molecule has 2 N–H and O–H groups in total. The van der Waals surface area contributed by atoms with Crippen molar-refractivity contribution in [1.29, 1.82) is 0 Å². The van der Waals surface area contributed by atoms with Gasteiger partial charge >= 0.3 is 0 Å². The van der Waals surface area contributed by atoms with Gasteiger partial charge in [-0.1, -0.05) is 42.5 Å². The molecule has 4 heteroatoms. The van der Waals surface area contributed by atoms with E-state index in [0.29, 0.717) is 13.1 Å². The van der Waals surface area contributed by atoms with Crippen LogP contribution in [0.1, 0.15) is 24.1 Å². The molecule has 2 aromatic carbocycles. The van der Waals surface area contributed by atoms with Gasteiger partial charge in [0.05, 0.1) is 6.04 Å². The molecule has 0 bridgehead atoms. The Morgan fingerprint density at radius 2 is 1.62 bits per heavy atom. The summed E-state index contributed by atoms with van der Waals surface area (Å²) in [6, 6.07) is 16.4. The Kier molecular flexibility index (Phi) is 5.46. The molecule has 2 aromatic rings. The minimum atomic E-state index is -0.246. The average Bonchev–Trinajstić information content (AvgIpc) is 2.49. The van der Waals surface area contributed by atoms with Crippen LogP contribution in [0.5, 0.6) is 0 Å². The molecule has 0 aromatic heterocycles. The van der Waals surface area contributed by atoms with Crippen LogP contribution in [0.3, 0.4) is 0 Å². The third kappa shape index (κ3) is 4.68. The lowest BCUT2D eigenvalue weighted by Gasteiger charge is -2.20. The quantitative estimate of drug-likeness (QED) is 0.802. The number of rotatable bonds is 6. The normalized spacial score (nSPS) is 11.9. The summed E-state index contributed by atoms with van der Waals surface area (Å²) in [6.45, 7) is 2.69. The van der Waals surface area contributed by atoms with E-state index in [1.807, 2.05) is 30.3 Å². The lowest BCUT2D eigenvalue weighted by molar-refractivity contribution is -0.118. The first-order valence-electron chi connectivity index (χ1n) is 6.95. The van der Waals surface area contributed by atoms with E-state index < -0.39 is 0 Å². The van der Waals surface area contributed by atoms with E-state index in [4.69, 9.17) is 0 Å². The molecule has 0 spiro atoms. The highest BCUT2D eigenvalue weighted by Gasteiger charge is 2.13. The summed E-state index contributed by atoms with van der Waals surface area (Å²) in [7, 11) is 0. The fourth-order valence-corrected chi connectivity index (χ4v) is 2.18. The minimum Gasteiger partial charge on any atom is -0.355 e. The highest BCUT2D eigenvalue weighted by molar-refractivity contribution is 5.72. The van der Waals surface area contributed by atoms with Crippen LogP contribution in [0, 0.1) is 5.82 Å². The lowest BCUT2D eigenvalue weighted by Crippen LogP contribution is -2.32. The zero-order valence-electron chi connectivity index (χ0n) is 12.0. The number of nitrogens with one attached hydrogen (secondary N) is 2. The molecular weight excluding hydrogens is 267 g/mol. The van der Waals surface area contributed by atoms with Crippen LogP contribution in [-0.4, -0.2) is 19.0 Å². The fourth-order valence-electron chi connectivity index (χ4n) is 2.18. The molecule has 0 aliphatic heterocycles. The number of hydrogen-bond acceptors (Lipinski definition) is 2. The van der Waals surface area contributed by atoms with Gasteiger partial charge in [0.25, 0.3) is 0 Å². The Morgan fingerprint density at radius 3 is 2.24 bits per heavy atom. The van der Waals surface area contributed by atoms with E-state index in [-0.39, 0.29) is 17.8 Å². The van der Waals surface area contributed by atoms with Gasteiger partial charge in [-0.2, -0.15) is 0 Å². The minimum absolute atomic E-state index is 0.0273. The van der Waals surface area contributed by atoms with Crippen LogP contribution in [0.25, 0.3) is 0 Å². The molecule has 1 atom stereocenters. The number of halogens is 1. The maximum Gasteiger partial charge on any atom is 0.216 e. The second-order valence-electron chi connectivity index (χ2n) is 4.83. The van der Waals surface area contributed by atoms with Crippen molar-refractivity contribution < 1.29 is 9.18 Å². The molecule has 0 fully saturated rings. The molecule has 0 heterocycles. The van der Waals surface area contributed by atoms with Crippen LogP contribution >= 0.6 is 0 Å². The maximum atomic E-state index is 13.1. The van der Waals surface area contributed by atoms with Crippen molar-refractivity contribution in [3.8, 4) is 0 Å². The smallest absolute Gasteiger partial charge is 0.216 e. The molecule has 110 valence electrons. The molecule has 1 unspecified atom stereocenters. The molecule has 3 nitrogen and oxygen atoms in total. The second-order valence-corrected chi connectivity index (χ2v) is 4.83. The van der Waals surface area contributed by atoms with Crippen molar-refractivity contribution in [3.05, 3.63) is 71.5 Å². The summed E-state index contributed by atoms with van der Waals surface area (Å²) in [4.78, 5) is 10.9. The Hall–Kier alpha value is -2.20. The van der Waals surface area contributed by atoms with E-state index >= 15 is 0 Å². The topological polar surface area (TPSA) is 41.1 Å². The van der Waals surface area contributed by atoms with Gasteiger partial charge in [-0.3, -0.25) is 4.79 Å². The molecule has 0 aliphatic carbocycles. The lowest BCUT2D eigenvalue weighted by atomic mass is 9.98. The summed E-state index contributed by atoms with van der Waals surface area (Å²) in [5.41, 5.74) is 2.09. The standard InChI is InChI=1S/C17H19FN2O/c1-13(21)19-11-12-20-17(14-5-3-2-4-6-14)15-7-9-16(18)10-8-15/h2-10,17,20H,11-12H2,1H3,(H,19,21). The van der Waals surface area contributed by atoms with Crippen molar-refractivity contribution in [2.75, 3.05) is 13.1 Å². The largest absolute Gasteiger partial charge is 0.355 e. The van der Waals surface area contributed by atoms with Gasteiger partial charge in [-0.25, -0.2) is 4.39 Å². The Balaban J connectivity index is 2.11. The van der Waals surface area contributed by atoms with Gasteiger partial charge in [0.1, 0.15) is 5.82 Å². The Labute approximate surface area is 124 Å². The zero-order valence-corrected chi connectivity index (χ0v) is 12.0. The molecule has 0 radical (unpaired) electrons. The first-order chi connectivity index (χ1) is 10.2. The van der Waals surface area contributed by atoms with Crippen LogP contribution in [-0.2, 0) is 4.79 Å². The SMILES string of the molecule is CC(=O)NCCNC(c1ccccc1)c1ccc(F)cc1. The fraction of sp³-hybridized carbons (Fsp3) is 0.235. The van der Waals surface area contributed by atoms with Crippen molar-refractivity contribution in [2.45, 2.75) is 13.0 Å². The van der Waals surface area contributed by atoms with E-state index in [9.17, 15) is 9.18 Å². The summed E-state index contributed by atoms with van der Waals surface area (Å²) in [5, 5.41) is 6.14. The van der Waals surface area contributed by atoms with Crippen molar-refractivity contribution >= 4 is 5.91 Å². The number of amides is 1. The third-order valence-electron chi connectivity index (χ3n) is 3.18. The highest BCUT2D eigenvalue weighted by atomic mass is 19.1. The maximum absolute atomic E-state index is 13.1. The van der Waals surface area contributed by atoms with E-state index in [1.165, 1.54) is 19.1 Å².